The molecule has 8 rings (SSSR count). The maximum absolute atomic E-state index is 14.9. The molecule has 282 valence electrons. The summed E-state index contributed by atoms with van der Waals surface area (Å²) in [5, 5.41) is 1.08. The lowest BCUT2D eigenvalue weighted by atomic mass is 9.44. The number of hydrogen-bond acceptors (Lipinski definition) is 2. The van der Waals surface area contributed by atoms with Crippen LogP contribution >= 0.6 is 0 Å². The first-order valence-electron chi connectivity index (χ1n) is 21.4. The Labute approximate surface area is 315 Å². The molecule has 4 aromatic rings. The monoisotopic (exact) mass is 722 g/mol. The summed E-state index contributed by atoms with van der Waals surface area (Å²) in [7, 11) is -3.83. The van der Waals surface area contributed by atoms with Crippen LogP contribution in [0.5, 0.6) is 0 Å². The SMILES string of the molecule is CCCCCn1c2c(c3c1c1ccccc1n3S(=O)(=O)c1ccc(C)cc1)C[C@@]1(C)[C@@H](CC[C@@H]3[C@@H]1CC[C@]1(C)[C@@H]([C@H](C)CCCC(C)C)CC[C@@H]31)C2. The van der Waals surface area contributed by atoms with Crippen molar-refractivity contribution in [3.63, 3.8) is 0 Å². The maximum Gasteiger partial charge on any atom is 0.268 e. The highest BCUT2D eigenvalue weighted by Crippen LogP contribution is 2.68. The Morgan fingerprint density at radius 1 is 0.827 bits per heavy atom. The van der Waals surface area contributed by atoms with Gasteiger partial charge in [0.25, 0.3) is 10.0 Å². The first-order chi connectivity index (χ1) is 24.9. The van der Waals surface area contributed by atoms with Gasteiger partial charge < -0.3 is 4.57 Å². The van der Waals surface area contributed by atoms with Crippen molar-refractivity contribution in [2.24, 2.45) is 52.3 Å². The van der Waals surface area contributed by atoms with Crippen LogP contribution in [-0.4, -0.2) is 17.0 Å². The van der Waals surface area contributed by atoms with Gasteiger partial charge in [0.05, 0.1) is 21.4 Å². The molecule has 52 heavy (non-hydrogen) atoms. The number of benzene rings is 2. The van der Waals surface area contributed by atoms with Gasteiger partial charge in [0.1, 0.15) is 0 Å². The van der Waals surface area contributed by atoms with Crippen molar-refractivity contribution in [1.29, 1.82) is 0 Å². The Hall–Kier alpha value is -2.53. The van der Waals surface area contributed by atoms with Crippen LogP contribution < -0.4 is 0 Å². The van der Waals surface area contributed by atoms with Gasteiger partial charge in [-0.15, -0.1) is 0 Å². The topological polar surface area (TPSA) is 44.0 Å². The zero-order chi connectivity index (χ0) is 36.6. The largest absolute Gasteiger partial charge is 0.342 e. The quantitative estimate of drug-likeness (QED) is 0.145. The van der Waals surface area contributed by atoms with E-state index in [1.807, 2.05) is 31.2 Å². The molecule has 4 aliphatic carbocycles. The zero-order valence-corrected chi connectivity index (χ0v) is 34.2. The second-order valence-electron chi connectivity index (χ2n) is 19.1. The van der Waals surface area contributed by atoms with E-state index in [1.165, 1.54) is 81.9 Å². The van der Waals surface area contributed by atoms with Crippen LogP contribution in [0.25, 0.3) is 21.9 Å². The second-order valence-corrected chi connectivity index (χ2v) is 20.9. The van der Waals surface area contributed by atoms with Gasteiger partial charge in [-0.05, 0) is 141 Å². The minimum atomic E-state index is -3.83. The van der Waals surface area contributed by atoms with E-state index in [9.17, 15) is 8.42 Å². The summed E-state index contributed by atoms with van der Waals surface area (Å²) in [6.45, 7) is 18.0. The van der Waals surface area contributed by atoms with E-state index in [0.717, 1.165) is 88.8 Å². The van der Waals surface area contributed by atoms with Crippen LogP contribution in [0.15, 0.2) is 53.4 Å². The summed E-state index contributed by atoms with van der Waals surface area (Å²) in [5.41, 5.74) is 7.49. The van der Waals surface area contributed by atoms with Crippen LogP contribution in [0.3, 0.4) is 0 Å². The molecule has 5 heteroatoms. The van der Waals surface area contributed by atoms with Gasteiger partial charge in [-0.3, -0.25) is 0 Å². The van der Waals surface area contributed by atoms with Crippen molar-refractivity contribution in [3.05, 3.63) is 65.4 Å². The normalized spacial score (nSPS) is 30.7. The van der Waals surface area contributed by atoms with Crippen molar-refractivity contribution in [2.45, 2.75) is 150 Å². The molecule has 0 N–H and O–H groups in total. The average Bonchev–Trinajstić information content (AvgIpc) is 3.74. The summed E-state index contributed by atoms with van der Waals surface area (Å²) < 4.78 is 34.1. The molecule has 2 aromatic carbocycles. The molecular weight excluding hydrogens is 657 g/mol. The number of aryl methyl sites for hydroxylation is 2. The number of rotatable bonds is 11. The molecule has 4 nitrogen and oxygen atoms in total. The van der Waals surface area contributed by atoms with Gasteiger partial charge in [-0.25, -0.2) is 12.4 Å². The van der Waals surface area contributed by atoms with E-state index in [-0.39, 0.29) is 5.41 Å². The minimum absolute atomic E-state index is 0.190. The number of nitrogens with zero attached hydrogens (tertiary/aromatic N) is 2. The van der Waals surface area contributed by atoms with Crippen LogP contribution in [-0.2, 0) is 29.4 Å². The molecular formula is C47H66N2O2S. The fourth-order valence-corrected chi connectivity index (χ4v) is 14.8. The summed E-state index contributed by atoms with van der Waals surface area (Å²) in [4.78, 5) is 0.381. The molecule has 0 bridgehead atoms. The molecule has 0 amide bonds. The minimum Gasteiger partial charge on any atom is -0.342 e. The predicted molar refractivity (Wildman–Crippen MR) is 217 cm³/mol. The summed E-state index contributed by atoms with van der Waals surface area (Å²) >= 11 is 0. The van der Waals surface area contributed by atoms with Crippen LogP contribution in [0.2, 0.25) is 0 Å². The molecule has 4 aliphatic rings. The predicted octanol–water partition coefficient (Wildman–Crippen LogP) is 12.4. The molecule has 2 aromatic heterocycles. The lowest BCUT2D eigenvalue weighted by molar-refractivity contribution is -0.103. The highest BCUT2D eigenvalue weighted by Gasteiger charge is 2.61. The molecule has 3 saturated carbocycles. The zero-order valence-electron chi connectivity index (χ0n) is 33.4. The van der Waals surface area contributed by atoms with Gasteiger partial charge in [-0.1, -0.05) is 110 Å². The second kappa shape index (κ2) is 13.6. The Morgan fingerprint density at radius 3 is 2.33 bits per heavy atom. The van der Waals surface area contributed by atoms with Crippen molar-refractivity contribution in [1.82, 2.24) is 8.54 Å². The molecule has 0 unspecified atom stereocenters. The molecule has 0 saturated heterocycles. The number of unbranched alkanes of at least 4 members (excludes halogenated alkanes) is 2. The van der Waals surface area contributed by atoms with E-state index < -0.39 is 10.0 Å². The van der Waals surface area contributed by atoms with E-state index in [4.69, 9.17) is 0 Å². The van der Waals surface area contributed by atoms with Crippen molar-refractivity contribution in [2.75, 3.05) is 0 Å². The van der Waals surface area contributed by atoms with Crippen molar-refractivity contribution in [3.8, 4) is 0 Å². The molecule has 3 fully saturated rings. The molecule has 0 aliphatic heterocycles. The lowest BCUT2D eigenvalue weighted by Crippen LogP contribution is -2.54. The maximum atomic E-state index is 14.9. The van der Waals surface area contributed by atoms with E-state index in [0.29, 0.717) is 16.2 Å². The van der Waals surface area contributed by atoms with Crippen molar-refractivity contribution < 1.29 is 8.42 Å². The molecule has 0 spiro atoms. The van der Waals surface area contributed by atoms with E-state index in [1.54, 1.807) is 16.1 Å². The summed E-state index contributed by atoms with van der Waals surface area (Å²) in [5.74, 6) is 5.53. The number of hydrogen-bond donors (Lipinski definition) is 0. The smallest absolute Gasteiger partial charge is 0.268 e. The Balaban J connectivity index is 1.21. The Bertz CT molecular complexity index is 2030. The number of fused-ring (bicyclic) bond motifs is 10. The molecule has 2 heterocycles. The number of para-hydroxylation sites is 1. The average molecular weight is 723 g/mol. The number of aromatic nitrogens is 2. The van der Waals surface area contributed by atoms with Crippen LogP contribution in [0, 0.1) is 59.2 Å². The first-order valence-corrected chi connectivity index (χ1v) is 22.8. The van der Waals surface area contributed by atoms with Gasteiger partial charge >= 0.3 is 0 Å². The third-order valence-corrected chi connectivity index (χ3v) is 17.6. The Kier molecular flexibility index (Phi) is 9.56. The first kappa shape index (κ1) is 36.4. The third kappa shape index (κ3) is 5.67. The Morgan fingerprint density at radius 2 is 1.58 bits per heavy atom. The third-order valence-electron chi connectivity index (χ3n) is 15.8. The fourth-order valence-electron chi connectivity index (χ4n) is 13.2. The van der Waals surface area contributed by atoms with Gasteiger partial charge in [0.15, 0.2) is 0 Å². The molecule has 8 atom stereocenters. The highest BCUT2D eigenvalue weighted by molar-refractivity contribution is 7.90. The van der Waals surface area contributed by atoms with Crippen LogP contribution in [0.4, 0.5) is 0 Å². The van der Waals surface area contributed by atoms with Gasteiger partial charge in [-0.2, -0.15) is 0 Å². The summed E-state index contributed by atoms with van der Waals surface area (Å²) in [6.07, 6.45) is 18.0. The van der Waals surface area contributed by atoms with E-state index >= 15 is 0 Å². The highest BCUT2D eigenvalue weighted by atomic mass is 32.2. The lowest BCUT2D eigenvalue weighted by Gasteiger charge is -2.60. The van der Waals surface area contributed by atoms with Crippen LogP contribution in [0.1, 0.15) is 135 Å². The standard InChI is InChI=1S/C47H66N2O2S/c1-8-9-12-28-48-43-29-34-20-23-36-40-25-24-39(33(5)15-13-14-31(2)3)46(40,6)27-26-41(36)47(34,7)30-38(43)45-44(48)37-16-10-11-17-42(37)49(45)52(50,51)35-21-18-32(4)19-22-35/h10-11,16-19,21-22,31,33-34,36,39-41H,8-9,12-15,20,23-30H2,1-7H3/t33-,34+,36+,39-,40+,41+,46-,47+/m1/s1. The van der Waals surface area contributed by atoms with Gasteiger partial charge in [0, 0.05) is 17.6 Å². The molecule has 0 radical (unpaired) electrons. The summed E-state index contributed by atoms with van der Waals surface area (Å²) in [6, 6.07) is 15.8. The fraction of sp³-hybridized carbons (Fsp3) is 0.660. The van der Waals surface area contributed by atoms with Gasteiger partial charge in [0.2, 0.25) is 0 Å². The van der Waals surface area contributed by atoms with Crippen molar-refractivity contribution >= 4 is 32.0 Å². The van der Waals surface area contributed by atoms with E-state index in [2.05, 4.69) is 58.2 Å².